The Labute approximate surface area is 131 Å². The maximum atomic E-state index is 3.87. The lowest BCUT2D eigenvalue weighted by molar-refractivity contribution is 0.545. The summed E-state index contributed by atoms with van der Waals surface area (Å²) in [5.41, 5.74) is 0. The molecular weight excluding hydrogens is 303 g/mol. The monoisotopic (exact) mass is 337 g/mol. The second-order valence-corrected chi connectivity index (χ2v) is 4.74. The van der Waals surface area contributed by atoms with E-state index in [0.717, 1.165) is 20.9 Å². The van der Waals surface area contributed by atoms with E-state index < -0.39 is 0 Å². The molecule has 0 unspecified atom stereocenters. The molecular formula is C15H35AlBrO. The number of hydrogen-bond donors (Lipinski definition) is 0. The van der Waals surface area contributed by atoms with Crippen LogP contribution in [0.4, 0.5) is 0 Å². The molecule has 0 saturated carbocycles. The van der Waals surface area contributed by atoms with E-state index in [0.29, 0.717) is 0 Å². The van der Waals surface area contributed by atoms with Crippen LogP contribution in [0.5, 0.6) is 0 Å². The highest BCUT2D eigenvalue weighted by Gasteiger charge is 1.92. The van der Waals surface area contributed by atoms with Crippen LogP contribution in [0.25, 0.3) is 0 Å². The van der Waals surface area contributed by atoms with E-state index >= 15 is 0 Å². The molecule has 0 atom stereocenters. The van der Waals surface area contributed by atoms with Crippen LogP contribution in [-0.4, -0.2) is 19.9 Å². The van der Waals surface area contributed by atoms with Crippen molar-refractivity contribution in [1.29, 1.82) is 0 Å². The van der Waals surface area contributed by atoms with Gasteiger partial charge in [-0.2, -0.15) is 0 Å². The van der Waals surface area contributed by atoms with Crippen LogP contribution >= 0.6 is 14.1 Å². The summed E-state index contributed by atoms with van der Waals surface area (Å²) in [5, 5.41) is 0. The van der Waals surface area contributed by atoms with E-state index in [9.17, 15) is 0 Å². The van der Waals surface area contributed by atoms with Gasteiger partial charge in [-0.05, 0) is 0 Å². The zero-order valence-corrected chi connectivity index (χ0v) is 16.4. The topological polar surface area (TPSA) is 31.5 Å². The van der Waals surface area contributed by atoms with Crippen molar-refractivity contribution in [3.63, 3.8) is 0 Å². The molecule has 0 spiro atoms. The normalized spacial score (nSPS) is 9.28. The highest BCUT2D eigenvalue weighted by Crippen LogP contribution is 2.12. The first-order chi connectivity index (χ1) is 8.41. The van der Waals surface area contributed by atoms with Gasteiger partial charge in [-0.3, -0.25) is 0 Å². The first kappa shape index (κ1) is 24.0. The van der Waals surface area contributed by atoms with Gasteiger partial charge >= 0.3 is 14.5 Å². The molecule has 0 aromatic carbocycles. The molecule has 1 radical (unpaired) electrons. The lowest BCUT2D eigenvalue weighted by atomic mass is 10.1. The molecule has 0 rings (SSSR count). The minimum Gasteiger partial charge on any atom is -0.412 e. The molecule has 0 aromatic heterocycles. The largest absolute Gasteiger partial charge is 0.412 e. The van der Waals surface area contributed by atoms with Crippen molar-refractivity contribution in [2.24, 2.45) is 0 Å². The SMILES string of the molecule is O.[AlH2][Br].[CH2]CCCCCCCCCCCCCC. The molecule has 0 bridgehead atoms. The molecule has 0 aliphatic carbocycles. The summed E-state index contributed by atoms with van der Waals surface area (Å²) in [4.78, 5) is 0. The zero-order valence-electron chi connectivity index (χ0n) is 12.8. The number of hydrogen-bond acceptors (Lipinski definition) is 0. The van der Waals surface area contributed by atoms with Gasteiger partial charge in [0, 0.05) is 0 Å². The Balaban J connectivity index is -0.000000709. The number of halogens is 1. The Hall–Kier alpha value is 0.972. The Morgan fingerprint density at radius 1 is 0.667 bits per heavy atom. The van der Waals surface area contributed by atoms with Crippen LogP contribution in [0.1, 0.15) is 90.4 Å². The van der Waals surface area contributed by atoms with Gasteiger partial charge in [0.2, 0.25) is 0 Å². The molecule has 1 nitrogen and oxygen atoms in total. The van der Waals surface area contributed by atoms with E-state index in [-0.39, 0.29) is 5.48 Å². The van der Waals surface area contributed by atoms with Crippen LogP contribution < -0.4 is 0 Å². The third kappa shape index (κ3) is 25.7. The molecule has 18 heavy (non-hydrogen) atoms. The second-order valence-electron chi connectivity index (χ2n) is 4.74. The highest BCUT2D eigenvalue weighted by atomic mass is 79.9. The van der Waals surface area contributed by atoms with Crippen LogP contribution in [0, 0.1) is 6.92 Å². The fraction of sp³-hybridized carbons (Fsp3) is 0.933. The minimum absolute atomic E-state index is 0. The van der Waals surface area contributed by atoms with Crippen LogP contribution in [0.2, 0.25) is 0 Å². The van der Waals surface area contributed by atoms with E-state index in [1.807, 2.05) is 0 Å². The number of rotatable bonds is 12. The molecule has 0 heterocycles. The van der Waals surface area contributed by atoms with Crippen LogP contribution in [-0.2, 0) is 0 Å². The van der Waals surface area contributed by atoms with Crippen molar-refractivity contribution < 1.29 is 5.48 Å². The smallest absolute Gasteiger partial charge is 0.319 e. The molecule has 0 fully saturated rings. The van der Waals surface area contributed by atoms with Gasteiger partial charge in [0.05, 0.1) is 0 Å². The summed E-state index contributed by atoms with van der Waals surface area (Å²) >= 11 is 4.19. The van der Waals surface area contributed by atoms with Crippen LogP contribution in [0.15, 0.2) is 0 Å². The average molecular weight is 338 g/mol. The van der Waals surface area contributed by atoms with E-state index in [2.05, 4.69) is 27.9 Å². The Morgan fingerprint density at radius 3 is 1.22 bits per heavy atom. The lowest BCUT2D eigenvalue weighted by Gasteiger charge is -2.01. The zero-order chi connectivity index (χ0) is 13.2. The van der Waals surface area contributed by atoms with Gasteiger partial charge in [0.1, 0.15) is 0 Å². The maximum Gasteiger partial charge on any atom is 0.319 e. The second kappa shape index (κ2) is 26.5. The first-order valence-corrected chi connectivity index (χ1v) is 13.1. The van der Waals surface area contributed by atoms with Crippen LogP contribution in [0.3, 0.4) is 0 Å². The molecule has 0 aliphatic rings. The quantitative estimate of drug-likeness (QED) is 0.354. The molecule has 0 aromatic rings. The van der Waals surface area contributed by atoms with Crippen molar-refractivity contribution in [2.45, 2.75) is 90.4 Å². The summed E-state index contributed by atoms with van der Waals surface area (Å²) in [5.74, 6) is 0. The van der Waals surface area contributed by atoms with Crippen molar-refractivity contribution in [1.82, 2.24) is 0 Å². The standard InChI is InChI=1S/C15H31.Al.BrH.H2O.2H/c1-3-5-7-9-11-13-15-14-12-10-8-6-4-2;;;;;/h1,3-15H2,2H3;;1H;1H2;;/q;+1;;;;/p-1. The van der Waals surface area contributed by atoms with Gasteiger partial charge < -0.3 is 5.48 Å². The van der Waals surface area contributed by atoms with Gasteiger partial charge in [-0.1, -0.05) is 97.3 Å². The molecule has 2 N–H and O–H groups in total. The Morgan fingerprint density at radius 2 is 0.944 bits per heavy atom. The van der Waals surface area contributed by atoms with Gasteiger partial charge in [-0.25, -0.2) is 14.1 Å². The molecule has 0 saturated heterocycles. The molecule has 3 heteroatoms. The van der Waals surface area contributed by atoms with Gasteiger partial charge in [-0.15, -0.1) is 0 Å². The Bertz CT molecular complexity index is 101. The molecule has 0 amide bonds. The van der Waals surface area contributed by atoms with Crippen molar-refractivity contribution >= 4 is 28.5 Å². The Kier molecular flexibility index (Phi) is 35.4. The maximum absolute atomic E-state index is 3.87. The predicted octanol–water partition coefficient (Wildman–Crippen LogP) is 5.02. The fourth-order valence-corrected chi connectivity index (χ4v) is 2.02. The summed E-state index contributed by atoms with van der Waals surface area (Å²) in [6, 6.07) is 0. The highest BCUT2D eigenvalue weighted by molar-refractivity contribution is 9.22. The fourth-order valence-electron chi connectivity index (χ4n) is 2.02. The van der Waals surface area contributed by atoms with E-state index in [1.54, 1.807) is 0 Å². The average Bonchev–Trinajstić information content (AvgIpc) is 2.38. The van der Waals surface area contributed by atoms with Crippen molar-refractivity contribution in [3.8, 4) is 0 Å². The molecule has 0 aliphatic heterocycles. The van der Waals surface area contributed by atoms with Gasteiger partial charge in [0.15, 0.2) is 0 Å². The first-order valence-electron chi connectivity index (χ1n) is 7.59. The number of unbranched alkanes of at least 4 members (excludes halogenated alkanes) is 12. The molecule has 111 valence electrons. The van der Waals surface area contributed by atoms with Crippen molar-refractivity contribution in [2.75, 3.05) is 0 Å². The van der Waals surface area contributed by atoms with Gasteiger partial charge in [0.25, 0.3) is 0 Å². The lowest BCUT2D eigenvalue weighted by Crippen LogP contribution is -1.82. The van der Waals surface area contributed by atoms with Crippen molar-refractivity contribution in [3.05, 3.63) is 6.92 Å². The summed E-state index contributed by atoms with van der Waals surface area (Å²) in [6.45, 7) is 6.15. The summed E-state index contributed by atoms with van der Waals surface area (Å²) in [7, 11) is 0. The third-order valence-corrected chi connectivity index (χ3v) is 3.10. The summed E-state index contributed by atoms with van der Waals surface area (Å²) in [6.07, 6.45) is 18.3. The van der Waals surface area contributed by atoms with E-state index in [1.165, 1.54) is 77.0 Å². The third-order valence-electron chi connectivity index (χ3n) is 3.10. The summed E-state index contributed by atoms with van der Waals surface area (Å²) < 4.78 is 0. The minimum atomic E-state index is 0. The van der Waals surface area contributed by atoms with E-state index in [4.69, 9.17) is 0 Å². The predicted molar refractivity (Wildman–Crippen MR) is 92.1 cm³/mol.